The number of hydrogen-bond acceptors (Lipinski definition) is 2. The van der Waals surface area contributed by atoms with Crippen LogP contribution in [0.5, 0.6) is 0 Å². The van der Waals surface area contributed by atoms with Crippen LogP contribution in [0, 0.1) is 0 Å². The Morgan fingerprint density at radius 3 is 1.90 bits per heavy atom. The van der Waals surface area contributed by atoms with Crippen LogP contribution in [0.4, 0.5) is 0 Å². The van der Waals surface area contributed by atoms with Crippen molar-refractivity contribution in [3.8, 4) is 0 Å². The van der Waals surface area contributed by atoms with E-state index in [1.165, 1.54) is 10.6 Å². The molecular weight excluding hydrogens is 195 g/mol. The molecule has 0 amide bonds. The van der Waals surface area contributed by atoms with Crippen molar-refractivity contribution in [3.63, 3.8) is 0 Å². The molecule has 60 valence electrons. The van der Waals surface area contributed by atoms with E-state index in [0.29, 0.717) is 0 Å². The third-order valence-corrected chi connectivity index (χ3v) is 5.15. The molecule has 1 saturated heterocycles. The van der Waals surface area contributed by atoms with Gasteiger partial charge in [-0.25, -0.2) is 0 Å². The predicted octanol–water partition coefficient (Wildman–Crippen LogP) is 1.16. The van der Waals surface area contributed by atoms with Crippen LogP contribution in [0.15, 0.2) is 0 Å². The van der Waals surface area contributed by atoms with Gasteiger partial charge in [-0.1, -0.05) is 0 Å². The van der Waals surface area contributed by atoms with Crippen LogP contribution in [-0.4, -0.2) is 40.3 Å². The average molecular weight is 210 g/mol. The van der Waals surface area contributed by atoms with Gasteiger partial charge in [-0.15, -0.1) is 0 Å². The Kier molecular flexibility index (Phi) is 4.39. The molecule has 0 bridgehead atoms. The second kappa shape index (κ2) is 5.14. The van der Waals surface area contributed by atoms with E-state index in [1.54, 1.807) is 0 Å². The van der Waals surface area contributed by atoms with Crippen molar-refractivity contribution in [2.75, 3.05) is 26.4 Å². The Morgan fingerprint density at radius 2 is 1.40 bits per heavy atom. The number of hydrogen-bond donors (Lipinski definition) is 0. The summed E-state index contributed by atoms with van der Waals surface area (Å²) in [6, 6.07) is 0. The molecule has 1 rings (SSSR count). The van der Waals surface area contributed by atoms with E-state index in [1.807, 2.05) is 0 Å². The molecule has 10 heavy (non-hydrogen) atoms. The molecule has 1 heterocycles. The fourth-order valence-electron chi connectivity index (χ4n) is 0.826. The summed E-state index contributed by atoms with van der Waals surface area (Å²) in [7, 11) is 0. The van der Waals surface area contributed by atoms with Crippen LogP contribution in [0.25, 0.3) is 0 Å². The first-order chi connectivity index (χ1) is 4.89. The van der Waals surface area contributed by atoms with Crippen LogP contribution in [0.3, 0.4) is 0 Å². The van der Waals surface area contributed by atoms with E-state index in [2.05, 4.69) is 5.82 Å². The summed E-state index contributed by atoms with van der Waals surface area (Å²) < 4.78 is 10.7. The summed E-state index contributed by atoms with van der Waals surface area (Å²) in [5, 5.41) is 2.62. The van der Waals surface area contributed by atoms with E-state index in [9.17, 15) is 0 Å². The summed E-state index contributed by atoms with van der Waals surface area (Å²) in [6.07, 6.45) is 0. The van der Waals surface area contributed by atoms with Gasteiger partial charge < -0.3 is 0 Å². The van der Waals surface area contributed by atoms with Gasteiger partial charge in [0.25, 0.3) is 0 Å². The Balaban J connectivity index is 2.15. The zero-order valence-electron chi connectivity index (χ0n) is 6.47. The summed E-state index contributed by atoms with van der Waals surface area (Å²) in [4.78, 5) is 0. The monoisotopic (exact) mass is 211 g/mol. The second-order valence-corrected chi connectivity index (χ2v) is 7.41. The van der Waals surface area contributed by atoms with Crippen LogP contribution in [0.1, 0.15) is 0 Å². The normalized spacial score (nSPS) is 24.9. The van der Waals surface area contributed by atoms with Gasteiger partial charge in [0.2, 0.25) is 0 Å². The molecule has 0 aliphatic carbocycles. The van der Waals surface area contributed by atoms with E-state index >= 15 is 0 Å². The molecule has 0 radical (unpaired) electrons. The van der Waals surface area contributed by atoms with Crippen molar-refractivity contribution < 1.29 is 9.47 Å². The minimum atomic E-state index is -0.326. The SMILES string of the molecule is C[Se+]1CCOCCOCC1. The van der Waals surface area contributed by atoms with Crippen molar-refractivity contribution >= 4 is 13.9 Å². The van der Waals surface area contributed by atoms with Gasteiger partial charge in [-0.2, -0.15) is 0 Å². The molecular formula is C7H15O2Se+. The quantitative estimate of drug-likeness (QED) is 0.558. The molecule has 1 fully saturated rings. The molecule has 1 aliphatic heterocycles. The van der Waals surface area contributed by atoms with Gasteiger partial charge in [0.05, 0.1) is 0 Å². The average Bonchev–Trinajstić information content (AvgIpc) is 2.02. The molecule has 3 heteroatoms. The first-order valence-corrected chi connectivity index (χ1v) is 7.78. The maximum atomic E-state index is 5.33. The Morgan fingerprint density at radius 1 is 0.900 bits per heavy atom. The van der Waals surface area contributed by atoms with Crippen LogP contribution in [-0.2, 0) is 9.47 Å². The van der Waals surface area contributed by atoms with Crippen molar-refractivity contribution in [3.05, 3.63) is 0 Å². The van der Waals surface area contributed by atoms with Gasteiger partial charge in [0.15, 0.2) is 0 Å². The summed E-state index contributed by atoms with van der Waals surface area (Å²) in [6.45, 7) is 3.51. The molecule has 0 atom stereocenters. The number of rotatable bonds is 0. The zero-order chi connectivity index (χ0) is 7.23. The summed E-state index contributed by atoms with van der Waals surface area (Å²) in [5.74, 6) is 2.37. The second-order valence-electron chi connectivity index (χ2n) is 2.41. The van der Waals surface area contributed by atoms with Crippen LogP contribution < -0.4 is 0 Å². The molecule has 0 saturated carbocycles. The van der Waals surface area contributed by atoms with Gasteiger partial charge >= 0.3 is 66.3 Å². The Bertz CT molecular complexity index is 77.7. The van der Waals surface area contributed by atoms with Crippen molar-refractivity contribution in [2.24, 2.45) is 0 Å². The van der Waals surface area contributed by atoms with E-state index in [0.717, 1.165) is 26.4 Å². The first-order valence-electron chi connectivity index (χ1n) is 3.64. The van der Waals surface area contributed by atoms with Gasteiger partial charge in [-0.3, -0.25) is 0 Å². The molecule has 0 aromatic heterocycles. The minimum absolute atomic E-state index is 0.326. The Hall–Kier alpha value is 0.439. The summed E-state index contributed by atoms with van der Waals surface area (Å²) in [5.41, 5.74) is 0. The standard InChI is InChI=1S/C7H15O2Se/c1-10-6-4-8-2-3-9-5-7-10/h2-7H2,1H3/q+1. The summed E-state index contributed by atoms with van der Waals surface area (Å²) >= 11 is -0.326. The van der Waals surface area contributed by atoms with Crippen molar-refractivity contribution in [2.45, 2.75) is 16.5 Å². The zero-order valence-corrected chi connectivity index (χ0v) is 8.18. The molecule has 0 spiro atoms. The van der Waals surface area contributed by atoms with E-state index in [-0.39, 0.29) is 13.9 Å². The molecule has 0 unspecified atom stereocenters. The third-order valence-electron chi connectivity index (χ3n) is 1.52. The van der Waals surface area contributed by atoms with Gasteiger partial charge in [0, 0.05) is 0 Å². The van der Waals surface area contributed by atoms with Gasteiger partial charge in [-0.05, 0) is 0 Å². The predicted molar refractivity (Wildman–Crippen MR) is 42.9 cm³/mol. The molecule has 2 nitrogen and oxygen atoms in total. The molecule has 0 aromatic carbocycles. The van der Waals surface area contributed by atoms with Crippen LogP contribution >= 0.6 is 0 Å². The van der Waals surface area contributed by atoms with Crippen LogP contribution in [0.2, 0.25) is 16.5 Å². The fraction of sp³-hybridized carbons (Fsp3) is 1.00. The first kappa shape index (κ1) is 8.54. The maximum absolute atomic E-state index is 5.33. The molecule has 0 N–H and O–H groups in total. The van der Waals surface area contributed by atoms with Gasteiger partial charge in [0.1, 0.15) is 0 Å². The van der Waals surface area contributed by atoms with E-state index < -0.39 is 0 Å². The molecule has 1 aliphatic rings. The van der Waals surface area contributed by atoms with E-state index in [4.69, 9.17) is 9.47 Å². The fourth-order valence-corrected chi connectivity index (χ4v) is 2.94. The topological polar surface area (TPSA) is 18.5 Å². The Labute approximate surface area is 66.8 Å². The number of ether oxygens (including phenoxy) is 2. The van der Waals surface area contributed by atoms with Crippen molar-refractivity contribution in [1.82, 2.24) is 0 Å². The van der Waals surface area contributed by atoms with Crippen molar-refractivity contribution in [1.29, 1.82) is 0 Å². The third kappa shape index (κ3) is 3.57. The molecule has 0 aromatic rings.